The van der Waals surface area contributed by atoms with E-state index in [1.165, 1.54) is 0 Å². The maximum Gasteiger partial charge on any atom is 0.410 e. The smallest absolute Gasteiger partial charge is 0.410 e. The van der Waals surface area contributed by atoms with Gasteiger partial charge in [0.25, 0.3) is 0 Å². The fraction of sp³-hybridized carbons (Fsp3) is 0.929. The van der Waals surface area contributed by atoms with Crippen LogP contribution in [0.2, 0.25) is 0 Å². The van der Waals surface area contributed by atoms with Crippen LogP contribution < -0.4 is 0 Å². The van der Waals surface area contributed by atoms with Gasteiger partial charge in [-0.25, -0.2) is 4.79 Å². The van der Waals surface area contributed by atoms with Gasteiger partial charge in [-0.2, -0.15) is 0 Å². The lowest BCUT2D eigenvalue weighted by Crippen LogP contribution is -2.36. The van der Waals surface area contributed by atoms with Crippen molar-refractivity contribution in [1.29, 1.82) is 0 Å². The lowest BCUT2D eigenvalue weighted by Gasteiger charge is -2.29. The molecule has 0 radical (unpaired) electrons. The van der Waals surface area contributed by atoms with E-state index >= 15 is 0 Å². The molecule has 5 nitrogen and oxygen atoms in total. The number of hydrogen-bond acceptors (Lipinski definition) is 4. The van der Waals surface area contributed by atoms with Gasteiger partial charge in [-0.05, 0) is 39.5 Å². The average Bonchev–Trinajstić information content (AvgIpc) is 2.70. The Morgan fingerprint density at radius 2 is 1.89 bits per heavy atom. The highest BCUT2D eigenvalue weighted by atomic mass is 16.6. The number of β-amino-alcohol motifs (C(OH)–C–C–N with tert-alkyl or cyclic N) is 1. The van der Waals surface area contributed by atoms with Crippen molar-refractivity contribution in [3.8, 4) is 0 Å². The zero-order valence-corrected chi connectivity index (χ0v) is 12.1. The zero-order chi connectivity index (χ0) is 14.0. The molecule has 2 aliphatic heterocycles. The molecule has 0 spiro atoms. The highest BCUT2D eigenvalue weighted by Gasteiger charge is 2.40. The first kappa shape index (κ1) is 14.6. The van der Waals surface area contributed by atoms with E-state index in [9.17, 15) is 9.90 Å². The molecule has 2 fully saturated rings. The van der Waals surface area contributed by atoms with E-state index in [-0.39, 0.29) is 12.0 Å². The predicted molar refractivity (Wildman–Crippen MR) is 70.8 cm³/mol. The predicted octanol–water partition coefficient (Wildman–Crippen LogP) is 1.64. The summed E-state index contributed by atoms with van der Waals surface area (Å²) < 4.78 is 10.7. The maximum atomic E-state index is 12.0. The van der Waals surface area contributed by atoms with Crippen LogP contribution >= 0.6 is 0 Å². The Bertz CT molecular complexity index is 320. The molecule has 2 aliphatic rings. The quantitative estimate of drug-likeness (QED) is 0.787. The summed E-state index contributed by atoms with van der Waals surface area (Å²) in [5.74, 6) is 0.618. The summed E-state index contributed by atoms with van der Waals surface area (Å²) >= 11 is 0. The number of amides is 1. The van der Waals surface area contributed by atoms with Crippen molar-refractivity contribution in [1.82, 2.24) is 4.90 Å². The molecule has 0 aromatic heterocycles. The number of aliphatic hydroxyl groups is 1. The van der Waals surface area contributed by atoms with Crippen molar-refractivity contribution in [3.05, 3.63) is 0 Å². The molecule has 0 saturated carbocycles. The van der Waals surface area contributed by atoms with Gasteiger partial charge in [0.05, 0.1) is 12.6 Å². The Morgan fingerprint density at radius 1 is 1.26 bits per heavy atom. The van der Waals surface area contributed by atoms with Gasteiger partial charge >= 0.3 is 6.09 Å². The number of nitrogens with zero attached hydrogens (tertiary/aromatic N) is 1. The Morgan fingerprint density at radius 3 is 2.47 bits per heavy atom. The zero-order valence-electron chi connectivity index (χ0n) is 12.1. The van der Waals surface area contributed by atoms with Crippen LogP contribution in [0, 0.1) is 11.8 Å². The number of carbonyl (C=O) groups is 1. The number of ether oxygens (including phenoxy) is 2. The van der Waals surface area contributed by atoms with E-state index in [1.54, 1.807) is 4.90 Å². The van der Waals surface area contributed by atoms with Crippen LogP contribution in [0.15, 0.2) is 0 Å². The fourth-order valence-electron chi connectivity index (χ4n) is 2.89. The van der Waals surface area contributed by atoms with Crippen LogP contribution in [0.25, 0.3) is 0 Å². The van der Waals surface area contributed by atoms with Gasteiger partial charge in [-0.1, -0.05) is 0 Å². The summed E-state index contributed by atoms with van der Waals surface area (Å²) in [4.78, 5) is 13.6. The summed E-state index contributed by atoms with van der Waals surface area (Å²) in [5, 5.41) is 10.2. The first-order valence-corrected chi connectivity index (χ1v) is 7.10. The highest BCUT2D eigenvalue weighted by molar-refractivity contribution is 5.68. The SMILES string of the molecule is CC(C)(C)OC(=O)N1C[C@@H](O)[C@H](C2CCOCC2)C1. The van der Waals surface area contributed by atoms with Gasteiger partial charge in [0, 0.05) is 25.7 Å². The van der Waals surface area contributed by atoms with Crippen molar-refractivity contribution in [3.63, 3.8) is 0 Å². The van der Waals surface area contributed by atoms with Crippen LogP contribution in [-0.4, -0.2) is 54.1 Å². The molecular formula is C14H25NO4. The lowest BCUT2D eigenvalue weighted by molar-refractivity contribution is 0.0217. The summed E-state index contributed by atoms with van der Waals surface area (Å²) in [6.45, 7) is 8.08. The number of carbonyl (C=O) groups excluding carboxylic acids is 1. The first-order chi connectivity index (χ1) is 8.87. The minimum atomic E-state index is -0.487. The normalized spacial score (nSPS) is 29.6. The van der Waals surface area contributed by atoms with E-state index in [1.807, 2.05) is 20.8 Å². The Kier molecular flexibility index (Phi) is 4.36. The van der Waals surface area contributed by atoms with E-state index in [0.29, 0.717) is 19.0 Å². The molecular weight excluding hydrogens is 246 g/mol. The Balaban J connectivity index is 1.91. The van der Waals surface area contributed by atoms with E-state index in [4.69, 9.17) is 9.47 Å². The topological polar surface area (TPSA) is 59.0 Å². The average molecular weight is 271 g/mol. The summed E-state index contributed by atoms with van der Waals surface area (Å²) in [5.41, 5.74) is -0.487. The van der Waals surface area contributed by atoms with Crippen molar-refractivity contribution < 1.29 is 19.4 Å². The minimum absolute atomic E-state index is 0.163. The van der Waals surface area contributed by atoms with Gasteiger partial charge < -0.3 is 19.5 Å². The second kappa shape index (κ2) is 5.67. The largest absolute Gasteiger partial charge is 0.444 e. The van der Waals surface area contributed by atoms with Crippen LogP contribution in [0.1, 0.15) is 33.6 Å². The molecule has 2 atom stereocenters. The standard InChI is InChI=1S/C14H25NO4/c1-14(2,3)19-13(17)15-8-11(12(16)9-15)10-4-6-18-7-5-10/h10-12,16H,4-9H2,1-3H3/t11-,12+/m0/s1. The van der Waals surface area contributed by atoms with Crippen LogP contribution in [0.4, 0.5) is 4.79 Å². The van der Waals surface area contributed by atoms with Gasteiger partial charge in [0.1, 0.15) is 5.60 Å². The summed E-state index contributed by atoms with van der Waals surface area (Å²) in [6.07, 6.45) is 1.20. The molecule has 5 heteroatoms. The monoisotopic (exact) mass is 271 g/mol. The molecule has 0 aromatic rings. The van der Waals surface area contributed by atoms with Crippen molar-refractivity contribution in [2.45, 2.75) is 45.3 Å². The summed E-state index contributed by atoms with van der Waals surface area (Å²) in [7, 11) is 0. The van der Waals surface area contributed by atoms with Crippen molar-refractivity contribution in [2.24, 2.45) is 11.8 Å². The van der Waals surface area contributed by atoms with Gasteiger partial charge in [-0.3, -0.25) is 0 Å². The van der Waals surface area contributed by atoms with Gasteiger partial charge in [0.2, 0.25) is 0 Å². The highest BCUT2D eigenvalue weighted by Crippen LogP contribution is 2.32. The van der Waals surface area contributed by atoms with Crippen LogP contribution in [0.3, 0.4) is 0 Å². The first-order valence-electron chi connectivity index (χ1n) is 7.10. The van der Waals surface area contributed by atoms with Crippen LogP contribution in [-0.2, 0) is 9.47 Å². The second-order valence-corrected chi connectivity index (χ2v) is 6.57. The fourth-order valence-corrected chi connectivity index (χ4v) is 2.89. The van der Waals surface area contributed by atoms with Crippen LogP contribution in [0.5, 0.6) is 0 Å². The number of likely N-dealkylation sites (tertiary alicyclic amines) is 1. The molecule has 0 aromatic carbocycles. The number of aliphatic hydroxyl groups excluding tert-OH is 1. The second-order valence-electron chi connectivity index (χ2n) is 6.57. The van der Waals surface area contributed by atoms with E-state index in [2.05, 4.69) is 0 Å². The van der Waals surface area contributed by atoms with E-state index in [0.717, 1.165) is 26.1 Å². The number of rotatable bonds is 1. The molecule has 19 heavy (non-hydrogen) atoms. The molecule has 0 unspecified atom stereocenters. The molecule has 2 heterocycles. The number of hydrogen-bond donors (Lipinski definition) is 1. The van der Waals surface area contributed by atoms with Gasteiger partial charge in [0.15, 0.2) is 0 Å². The molecule has 110 valence electrons. The van der Waals surface area contributed by atoms with E-state index < -0.39 is 11.7 Å². The van der Waals surface area contributed by atoms with Crippen molar-refractivity contribution >= 4 is 6.09 Å². The Labute approximate surface area is 114 Å². The Hall–Kier alpha value is -0.810. The third kappa shape index (κ3) is 3.83. The molecule has 1 amide bonds. The molecule has 0 bridgehead atoms. The third-order valence-electron chi connectivity index (χ3n) is 3.86. The molecule has 2 rings (SSSR count). The van der Waals surface area contributed by atoms with Gasteiger partial charge in [-0.15, -0.1) is 0 Å². The lowest BCUT2D eigenvalue weighted by atomic mass is 9.84. The third-order valence-corrected chi connectivity index (χ3v) is 3.86. The molecule has 1 N–H and O–H groups in total. The molecule has 0 aliphatic carbocycles. The minimum Gasteiger partial charge on any atom is -0.444 e. The maximum absolute atomic E-state index is 12.0. The molecule has 2 saturated heterocycles. The summed E-state index contributed by atoms with van der Waals surface area (Å²) in [6, 6.07) is 0. The van der Waals surface area contributed by atoms with Crippen molar-refractivity contribution in [2.75, 3.05) is 26.3 Å².